The lowest BCUT2D eigenvalue weighted by atomic mass is 10.1. The molecular weight excluding hydrogens is 222 g/mol. The highest BCUT2D eigenvalue weighted by atomic mass is 16.5. The molecule has 0 bridgehead atoms. The Hall–Kier alpha value is -1.43. The fraction of sp³-hybridized carbons (Fsp3) is 0.727. The molecule has 0 aromatic carbocycles. The van der Waals surface area contributed by atoms with Crippen LogP contribution in [0.1, 0.15) is 48.4 Å². The number of aromatic nitrogens is 3. The normalized spacial score (nSPS) is 19.9. The molecule has 94 valence electrons. The maximum Gasteiger partial charge on any atom is 0.360 e. The number of hydrogen-bond donors (Lipinski definition) is 0. The fourth-order valence-corrected chi connectivity index (χ4v) is 2.07. The van der Waals surface area contributed by atoms with E-state index in [4.69, 9.17) is 9.47 Å². The lowest BCUT2D eigenvalue weighted by Crippen LogP contribution is -2.16. The number of nitrogens with zero attached hydrogens (tertiary/aromatic N) is 3. The lowest BCUT2D eigenvalue weighted by molar-refractivity contribution is 0.0592. The van der Waals surface area contributed by atoms with Crippen molar-refractivity contribution >= 4 is 5.97 Å². The van der Waals surface area contributed by atoms with Crippen LogP contribution in [0.5, 0.6) is 0 Å². The van der Waals surface area contributed by atoms with Crippen molar-refractivity contribution in [3.63, 3.8) is 0 Å². The van der Waals surface area contributed by atoms with Crippen molar-refractivity contribution in [1.82, 2.24) is 15.0 Å². The van der Waals surface area contributed by atoms with E-state index in [1.807, 2.05) is 18.5 Å². The van der Waals surface area contributed by atoms with Gasteiger partial charge in [0.15, 0.2) is 5.69 Å². The van der Waals surface area contributed by atoms with Crippen LogP contribution in [0.25, 0.3) is 0 Å². The van der Waals surface area contributed by atoms with Crippen molar-refractivity contribution in [1.29, 1.82) is 0 Å². The van der Waals surface area contributed by atoms with E-state index in [0.29, 0.717) is 12.3 Å². The van der Waals surface area contributed by atoms with Gasteiger partial charge in [0.2, 0.25) is 0 Å². The van der Waals surface area contributed by atoms with E-state index in [0.717, 1.165) is 18.7 Å². The Morgan fingerprint density at radius 3 is 2.88 bits per heavy atom. The van der Waals surface area contributed by atoms with Gasteiger partial charge in [0, 0.05) is 6.61 Å². The van der Waals surface area contributed by atoms with E-state index in [9.17, 15) is 4.79 Å². The molecule has 1 aromatic heterocycles. The van der Waals surface area contributed by atoms with Gasteiger partial charge in [-0.25, -0.2) is 9.48 Å². The van der Waals surface area contributed by atoms with Gasteiger partial charge in [0.25, 0.3) is 0 Å². The van der Waals surface area contributed by atoms with Crippen molar-refractivity contribution in [3.05, 3.63) is 11.4 Å². The van der Waals surface area contributed by atoms with E-state index in [1.54, 1.807) is 0 Å². The average Bonchev–Trinajstić information content (AvgIpc) is 2.95. The van der Waals surface area contributed by atoms with Crippen LogP contribution in [0.15, 0.2) is 0 Å². The van der Waals surface area contributed by atoms with Crippen molar-refractivity contribution < 1.29 is 14.3 Å². The standard InChI is InChI=1S/C11H17N3O3/c1-7(2)10-9(11(15)16-3)12-13-14(10)8-4-5-17-6-8/h7-8H,4-6H2,1-3H3. The molecule has 0 saturated carbocycles. The zero-order valence-corrected chi connectivity index (χ0v) is 10.3. The Morgan fingerprint density at radius 1 is 1.59 bits per heavy atom. The number of methoxy groups -OCH3 is 1. The maximum atomic E-state index is 11.6. The molecule has 1 aliphatic rings. The van der Waals surface area contributed by atoms with Gasteiger partial charge >= 0.3 is 5.97 Å². The van der Waals surface area contributed by atoms with E-state index in [2.05, 4.69) is 10.3 Å². The predicted octanol–water partition coefficient (Wildman–Crippen LogP) is 1.15. The molecular formula is C11H17N3O3. The van der Waals surface area contributed by atoms with Crippen LogP contribution in [0, 0.1) is 0 Å². The van der Waals surface area contributed by atoms with E-state index >= 15 is 0 Å². The molecule has 1 atom stereocenters. The van der Waals surface area contributed by atoms with Gasteiger partial charge in [-0.2, -0.15) is 0 Å². The number of carbonyl (C=O) groups is 1. The summed E-state index contributed by atoms with van der Waals surface area (Å²) in [4.78, 5) is 11.6. The van der Waals surface area contributed by atoms with Crippen LogP contribution in [0.2, 0.25) is 0 Å². The molecule has 17 heavy (non-hydrogen) atoms. The summed E-state index contributed by atoms with van der Waals surface area (Å²) in [6.45, 7) is 5.38. The van der Waals surface area contributed by atoms with E-state index in [-0.39, 0.29) is 12.0 Å². The molecule has 1 aromatic rings. The summed E-state index contributed by atoms with van der Waals surface area (Å²) in [5, 5.41) is 8.01. The van der Waals surface area contributed by atoms with Crippen LogP contribution >= 0.6 is 0 Å². The summed E-state index contributed by atoms with van der Waals surface area (Å²) in [6.07, 6.45) is 0.906. The average molecular weight is 239 g/mol. The molecule has 2 heterocycles. The summed E-state index contributed by atoms with van der Waals surface area (Å²) in [5.74, 6) is -0.265. The molecule has 1 unspecified atom stereocenters. The topological polar surface area (TPSA) is 66.2 Å². The minimum Gasteiger partial charge on any atom is -0.464 e. The molecule has 1 fully saturated rings. The van der Waals surface area contributed by atoms with E-state index < -0.39 is 5.97 Å². The Labute approximate surface area is 99.9 Å². The molecule has 0 radical (unpaired) electrons. The molecule has 0 amide bonds. The number of rotatable bonds is 3. The van der Waals surface area contributed by atoms with Crippen LogP contribution in [0.3, 0.4) is 0 Å². The summed E-state index contributed by atoms with van der Waals surface area (Å²) < 4.78 is 11.9. The van der Waals surface area contributed by atoms with Crippen molar-refractivity contribution in [2.24, 2.45) is 0 Å². The largest absolute Gasteiger partial charge is 0.464 e. The maximum absolute atomic E-state index is 11.6. The highest BCUT2D eigenvalue weighted by Crippen LogP contribution is 2.25. The minimum absolute atomic E-state index is 0.166. The second kappa shape index (κ2) is 4.83. The van der Waals surface area contributed by atoms with Gasteiger partial charge in [0.1, 0.15) is 0 Å². The molecule has 0 aliphatic carbocycles. The quantitative estimate of drug-likeness (QED) is 0.740. The van der Waals surface area contributed by atoms with Crippen molar-refractivity contribution in [2.45, 2.75) is 32.2 Å². The lowest BCUT2D eigenvalue weighted by Gasteiger charge is -2.14. The number of hydrogen-bond acceptors (Lipinski definition) is 5. The third-order valence-electron chi connectivity index (χ3n) is 2.91. The Balaban J connectivity index is 2.38. The highest BCUT2D eigenvalue weighted by molar-refractivity contribution is 5.88. The molecule has 0 spiro atoms. The van der Waals surface area contributed by atoms with Crippen LogP contribution in [-0.4, -0.2) is 41.3 Å². The van der Waals surface area contributed by atoms with E-state index in [1.165, 1.54) is 7.11 Å². The first-order valence-corrected chi connectivity index (χ1v) is 5.76. The van der Waals surface area contributed by atoms with Crippen molar-refractivity contribution in [2.75, 3.05) is 20.3 Å². The van der Waals surface area contributed by atoms with Gasteiger partial charge in [-0.05, 0) is 12.3 Å². The second-order valence-corrected chi connectivity index (χ2v) is 4.43. The van der Waals surface area contributed by atoms with Crippen molar-refractivity contribution in [3.8, 4) is 0 Å². The molecule has 6 heteroatoms. The first-order valence-electron chi connectivity index (χ1n) is 5.76. The summed E-state index contributed by atoms with van der Waals surface area (Å²) in [5.41, 5.74) is 1.14. The first-order chi connectivity index (χ1) is 8.15. The smallest absolute Gasteiger partial charge is 0.360 e. The zero-order chi connectivity index (χ0) is 12.4. The molecule has 0 N–H and O–H groups in total. The monoisotopic (exact) mass is 239 g/mol. The van der Waals surface area contributed by atoms with Crippen LogP contribution in [-0.2, 0) is 9.47 Å². The molecule has 1 saturated heterocycles. The van der Waals surface area contributed by atoms with Gasteiger partial charge in [-0.15, -0.1) is 5.10 Å². The Kier molecular flexibility index (Phi) is 3.42. The number of carbonyl (C=O) groups excluding carboxylic acids is 1. The number of esters is 1. The molecule has 6 nitrogen and oxygen atoms in total. The van der Waals surface area contributed by atoms with Crippen LogP contribution < -0.4 is 0 Å². The van der Waals surface area contributed by atoms with Gasteiger partial charge in [-0.1, -0.05) is 19.1 Å². The van der Waals surface area contributed by atoms with Crippen LogP contribution in [0.4, 0.5) is 0 Å². The Morgan fingerprint density at radius 2 is 2.35 bits per heavy atom. The molecule has 1 aliphatic heterocycles. The zero-order valence-electron chi connectivity index (χ0n) is 10.3. The highest BCUT2D eigenvalue weighted by Gasteiger charge is 2.28. The fourth-order valence-electron chi connectivity index (χ4n) is 2.07. The summed E-state index contributed by atoms with van der Waals surface area (Å²) in [6, 6.07) is 0.179. The summed E-state index contributed by atoms with van der Waals surface area (Å²) >= 11 is 0. The summed E-state index contributed by atoms with van der Waals surface area (Å²) in [7, 11) is 1.35. The number of ether oxygens (including phenoxy) is 2. The third kappa shape index (κ3) is 2.17. The van der Waals surface area contributed by atoms with Gasteiger partial charge in [0.05, 0.1) is 25.5 Å². The van der Waals surface area contributed by atoms with Gasteiger partial charge < -0.3 is 9.47 Å². The van der Waals surface area contributed by atoms with Gasteiger partial charge in [-0.3, -0.25) is 0 Å². The third-order valence-corrected chi connectivity index (χ3v) is 2.91. The predicted molar refractivity (Wildman–Crippen MR) is 59.9 cm³/mol. The minimum atomic E-state index is -0.432. The second-order valence-electron chi connectivity index (χ2n) is 4.43. The SMILES string of the molecule is COC(=O)c1nnn(C2CCOC2)c1C(C)C. The first kappa shape index (κ1) is 12.0. The Bertz CT molecular complexity index is 408. The molecule has 2 rings (SSSR count).